The van der Waals surface area contributed by atoms with Crippen molar-refractivity contribution in [2.24, 2.45) is 0 Å². The van der Waals surface area contributed by atoms with Gasteiger partial charge in [0.25, 0.3) is 0 Å². The Hall–Kier alpha value is -4.03. The van der Waals surface area contributed by atoms with E-state index in [4.69, 9.17) is 0 Å². The Morgan fingerprint density at radius 2 is 2.06 bits per heavy atom. The number of benzene rings is 1. The lowest BCUT2D eigenvalue weighted by Gasteiger charge is -2.22. The molecule has 2 N–H and O–H groups in total. The van der Waals surface area contributed by atoms with Gasteiger partial charge in [0.1, 0.15) is 17.5 Å². The molecule has 9 nitrogen and oxygen atoms in total. The molecule has 4 rings (SSSR count). The van der Waals surface area contributed by atoms with Crippen molar-refractivity contribution in [2.45, 2.75) is 44.8 Å². The van der Waals surface area contributed by atoms with Crippen molar-refractivity contribution < 1.29 is 14.7 Å². The van der Waals surface area contributed by atoms with Crippen molar-refractivity contribution in [2.75, 3.05) is 11.9 Å². The maximum atomic E-state index is 13.1. The fourth-order valence-corrected chi connectivity index (χ4v) is 3.68. The van der Waals surface area contributed by atoms with Crippen LogP contribution in [0.3, 0.4) is 0 Å². The number of fused-ring (bicyclic) bond motifs is 1. The summed E-state index contributed by atoms with van der Waals surface area (Å²) in [5, 5.41) is 16.8. The van der Waals surface area contributed by atoms with Gasteiger partial charge in [-0.25, -0.2) is 14.8 Å². The summed E-state index contributed by atoms with van der Waals surface area (Å²) in [6, 6.07) is 6.21. The highest BCUT2D eigenvalue weighted by atomic mass is 16.3. The van der Waals surface area contributed by atoms with Gasteiger partial charge in [0.2, 0.25) is 5.91 Å². The highest BCUT2D eigenvalue weighted by molar-refractivity contribution is 6.00. The average Bonchev–Trinajstić information content (AvgIpc) is 3.24. The van der Waals surface area contributed by atoms with E-state index in [2.05, 4.69) is 32.2 Å². The van der Waals surface area contributed by atoms with E-state index in [1.807, 2.05) is 18.2 Å². The summed E-state index contributed by atoms with van der Waals surface area (Å²) in [5.41, 5.74) is 2.12. The lowest BCUT2D eigenvalue weighted by molar-refractivity contribution is -0.120. The minimum Gasteiger partial charge on any atom is -0.378 e. The number of carbonyl (C=O) groups excluding carboxylic acids is 2. The molecule has 3 heterocycles. The number of nitrogens with one attached hydrogen (secondary N) is 1. The highest BCUT2D eigenvalue weighted by Gasteiger charge is 2.30. The number of rotatable bonds is 3. The molecule has 2 aromatic heterocycles. The number of likely N-dealkylation sites (N-methyl/N-ethyl adjacent to an activating group) is 1. The molecule has 174 valence electrons. The lowest BCUT2D eigenvalue weighted by atomic mass is 10.0. The summed E-state index contributed by atoms with van der Waals surface area (Å²) >= 11 is 0. The summed E-state index contributed by atoms with van der Waals surface area (Å²) in [6.07, 6.45) is 8.05. The molecule has 1 aliphatic heterocycles. The second-order valence-corrected chi connectivity index (χ2v) is 8.73. The number of aryl methyl sites for hydroxylation is 1. The smallest absolute Gasteiger partial charge is 0.342 e. The maximum Gasteiger partial charge on any atom is 0.342 e. The molecule has 1 aliphatic rings. The molecule has 1 atom stereocenters. The van der Waals surface area contributed by atoms with Crippen LogP contribution in [-0.2, 0) is 17.6 Å². The SMILES string of the molecule is CN1C(=O)[C@@H](NC(=O)n2cc(Cc3ncccn3)cn2)CCc2ccc(C#CC(C)(C)O)cc21. The van der Waals surface area contributed by atoms with Crippen LogP contribution in [0.4, 0.5) is 10.5 Å². The zero-order chi connectivity index (χ0) is 24.3. The van der Waals surface area contributed by atoms with Gasteiger partial charge in [0.15, 0.2) is 0 Å². The molecular formula is C25H26N6O3. The number of hydrogen-bond acceptors (Lipinski definition) is 6. The molecule has 1 aromatic carbocycles. The van der Waals surface area contributed by atoms with Crippen LogP contribution in [0.2, 0.25) is 0 Å². The fraction of sp³-hybridized carbons (Fsp3) is 0.320. The molecule has 0 spiro atoms. The Balaban J connectivity index is 1.46. The topological polar surface area (TPSA) is 113 Å². The molecule has 0 saturated heterocycles. The van der Waals surface area contributed by atoms with E-state index in [1.165, 1.54) is 4.68 Å². The Morgan fingerprint density at radius 1 is 1.29 bits per heavy atom. The van der Waals surface area contributed by atoms with Gasteiger partial charge >= 0.3 is 6.03 Å². The van der Waals surface area contributed by atoms with Gasteiger partial charge in [-0.15, -0.1) is 0 Å². The van der Waals surface area contributed by atoms with Gasteiger partial charge in [-0.3, -0.25) is 4.79 Å². The normalized spacial score (nSPS) is 15.7. The first-order valence-electron chi connectivity index (χ1n) is 11.0. The van der Waals surface area contributed by atoms with Gasteiger partial charge in [-0.1, -0.05) is 17.9 Å². The van der Waals surface area contributed by atoms with Crippen molar-refractivity contribution >= 4 is 17.6 Å². The first-order valence-corrected chi connectivity index (χ1v) is 11.0. The Morgan fingerprint density at radius 3 is 2.79 bits per heavy atom. The number of amides is 2. The summed E-state index contributed by atoms with van der Waals surface area (Å²) in [6.45, 7) is 3.23. The summed E-state index contributed by atoms with van der Waals surface area (Å²) in [7, 11) is 1.69. The van der Waals surface area contributed by atoms with Crippen molar-refractivity contribution in [3.8, 4) is 11.8 Å². The molecule has 0 saturated carbocycles. The van der Waals surface area contributed by atoms with Crippen LogP contribution >= 0.6 is 0 Å². The van der Waals surface area contributed by atoms with E-state index in [1.54, 1.807) is 56.6 Å². The Kier molecular flexibility index (Phi) is 6.43. The minimum absolute atomic E-state index is 0.218. The van der Waals surface area contributed by atoms with E-state index in [0.29, 0.717) is 30.7 Å². The van der Waals surface area contributed by atoms with Gasteiger partial charge in [-0.2, -0.15) is 9.78 Å². The fourth-order valence-electron chi connectivity index (χ4n) is 3.68. The second kappa shape index (κ2) is 9.45. The first-order chi connectivity index (χ1) is 16.2. The van der Waals surface area contributed by atoms with E-state index in [-0.39, 0.29) is 5.91 Å². The summed E-state index contributed by atoms with van der Waals surface area (Å²) in [4.78, 5) is 35.8. The molecule has 0 bridgehead atoms. The van der Waals surface area contributed by atoms with Gasteiger partial charge in [0.05, 0.1) is 6.20 Å². The van der Waals surface area contributed by atoms with E-state index >= 15 is 0 Å². The van der Waals surface area contributed by atoms with Crippen LogP contribution in [-0.4, -0.2) is 55.5 Å². The van der Waals surface area contributed by atoms with E-state index in [0.717, 1.165) is 16.8 Å². The number of nitrogens with zero attached hydrogens (tertiary/aromatic N) is 5. The molecule has 9 heteroatoms. The van der Waals surface area contributed by atoms with Crippen LogP contribution in [0, 0.1) is 11.8 Å². The van der Waals surface area contributed by atoms with Crippen molar-refractivity contribution in [3.63, 3.8) is 0 Å². The molecule has 0 fully saturated rings. The van der Waals surface area contributed by atoms with Crippen LogP contribution in [0.5, 0.6) is 0 Å². The van der Waals surface area contributed by atoms with Gasteiger partial charge < -0.3 is 15.3 Å². The first kappa shape index (κ1) is 23.1. The van der Waals surface area contributed by atoms with Crippen LogP contribution in [0.1, 0.15) is 42.8 Å². The third-order valence-electron chi connectivity index (χ3n) is 5.41. The number of aliphatic hydroxyl groups is 1. The molecular weight excluding hydrogens is 432 g/mol. The number of hydrogen-bond donors (Lipinski definition) is 2. The van der Waals surface area contributed by atoms with Crippen LogP contribution in [0.15, 0.2) is 49.1 Å². The molecule has 0 aliphatic carbocycles. The summed E-state index contributed by atoms with van der Waals surface area (Å²) in [5.74, 6) is 6.15. The van der Waals surface area contributed by atoms with Crippen molar-refractivity contribution in [1.82, 2.24) is 25.1 Å². The highest BCUT2D eigenvalue weighted by Crippen LogP contribution is 2.27. The van der Waals surface area contributed by atoms with Crippen molar-refractivity contribution in [1.29, 1.82) is 0 Å². The average molecular weight is 459 g/mol. The minimum atomic E-state index is -1.11. The monoisotopic (exact) mass is 458 g/mol. The van der Waals surface area contributed by atoms with E-state index < -0.39 is 17.7 Å². The maximum absolute atomic E-state index is 13.1. The van der Waals surface area contributed by atoms with Gasteiger partial charge in [0, 0.05) is 43.3 Å². The lowest BCUT2D eigenvalue weighted by Crippen LogP contribution is -2.48. The van der Waals surface area contributed by atoms with Crippen molar-refractivity contribution in [3.05, 3.63) is 71.6 Å². The predicted octanol–water partition coefficient (Wildman–Crippen LogP) is 1.92. The number of anilines is 1. The standard InChI is InChI=1S/C25H26N6O3/c1-25(2,34)10-9-17-5-6-19-7-8-20(23(32)30(3)21(19)13-17)29-24(33)31-16-18(15-28-31)14-22-26-11-4-12-27-22/h4-6,11-13,15-16,20,34H,7-8,14H2,1-3H3,(H,29,33)/t20-/m0/s1. The molecule has 34 heavy (non-hydrogen) atoms. The molecule has 0 unspecified atom stereocenters. The van der Waals surface area contributed by atoms with Crippen LogP contribution in [0.25, 0.3) is 0 Å². The molecule has 3 aromatic rings. The van der Waals surface area contributed by atoms with E-state index in [9.17, 15) is 14.7 Å². The second-order valence-electron chi connectivity index (χ2n) is 8.73. The molecule has 2 amide bonds. The Labute approximate surface area is 197 Å². The third-order valence-corrected chi connectivity index (χ3v) is 5.41. The number of aromatic nitrogens is 4. The van der Waals surface area contributed by atoms with Gasteiger partial charge in [-0.05, 0) is 56.0 Å². The number of carbonyl (C=O) groups is 2. The zero-order valence-electron chi connectivity index (χ0n) is 19.3. The third kappa shape index (κ3) is 5.47. The predicted molar refractivity (Wildman–Crippen MR) is 126 cm³/mol. The van der Waals surface area contributed by atoms with Crippen LogP contribution < -0.4 is 10.2 Å². The molecule has 0 radical (unpaired) electrons. The quantitative estimate of drug-likeness (QED) is 0.580. The largest absolute Gasteiger partial charge is 0.378 e. The Bertz CT molecular complexity index is 1270. The summed E-state index contributed by atoms with van der Waals surface area (Å²) < 4.78 is 1.19. The zero-order valence-corrected chi connectivity index (χ0v) is 19.3.